The Balaban J connectivity index is 1.67. The van der Waals surface area contributed by atoms with Crippen molar-refractivity contribution < 1.29 is 9.59 Å². The van der Waals surface area contributed by atoms with E-state index in [4.69, 9.17) is 0 Å². The van der Waals surface area contributed by atoms with Crippen LogP contribution < -0.4 is 0 Å². The number of carbonyl (C=O) groups is 2. The summed E-state index contributed by atoms with van der Waals surface area (Å²) >= 11 is 0. The fourth-order valence-corrected chi connectivity index (χ4v) is 3.59. The molecule has 0 aromatic heterocycles. The van der Waals surface area contributed by atoms with Gasteiger partial charge in [0.1, 0.15) is 0 Å². The molecule has 2 aliphatic rings. The van der Waals surface area contributed by atoms with E-state index in [1.54, 1.807) is 0 Å². The zero-order valence-electron chi connectivity index (χ0n) is 14.2. The van der Waals surface area contributed by atoms with Gasteiger partial charge >= 0.3 is 0 Å². The maximum atomic E-state index is 12.8. The molecule has 0 unspecified atom stereocenters. The van der Waals surface area contributed by atoms with Crippen molar-refractivity contribution in [3.63, 3.8) is 0 Å². The molecule has 0 N–H and O–H groups in total. The molecule has 0 radical (unpaired) electrons. The predicted molar refractivity (Wildman–Crippen MR) is 90.4 cm³/mol. The highest BCUT2D eigenvalue weighted by Crippen LogP contribution is 2.23. The van der Waals surface area contributed by atoms with Crippen molar-refractivity contribution in [1.82, 2.24) is 9.80 Å². The Kier molecular flexibility index (Phi) is 4.69. The number of hydrogen-bond acceptors (Lipinski definition) is 2. The molecule has 3 rings (SSSR count). The molecule has 124 valence electrons. The predicted octanol–water partition coefficient (Wildman–Crippen LogP) is 2.51. The lowest BCUT2D eigenvalue weighted by Gasteiger charge is -2.23. The average molecular weight is 314 g/mol. The van der Waals surface area contributed by atoms with Crippen LogP contribution in [0.2, 0.25) is 0 Å². The summed E-state index contributed by atoms with van der Waals surface area (Å²) in [5.41, 5.74) is 3.53. The first-order valence-electron chi connectivity index (χ1n) is 8.76. The Morgan fingerprint density at radius 1 is 0.913 bits per heavy atom. The number of nitrogens with zero attached hydrogens (tertiary/aromatic N) is 2. The Morgan fingerprint density at radius 2 is 1.61 bits per heavy atom. The number of amides is 2. The molecular formula is C19H26N2O2. The minimum Gasteiger partial charge on any atom is -0.341 e. The van der Waals surface area contributed by atoms with Crippen LogP contribution in [-0.4, -0.2) is 47.8 Å². The van der Waals surface area contributed by atoms with Crippen molar-refractivity contribution in [3.05, 3.63) is 34.9 Å². The molecule has 1 heterocycles. The van der Waals surface area contributed by atoms with Gasteiger partial charge in [0, 0.05) is 37.7 Å². The molecule has 1 aromatic rings. The third-order valence-electron chi connectivity index (χ3n) is 4.93. The fourth-order valence-electron chi connectivity index (χ4n) is 3.59. The van der Waals surface area contributed by atoms with Crippen LogP contribution >= 0.6 is 0 Å². The van der Waals surface area contributed by atoms with Gasteiger partial charge in [0.2, 0.25) is 5.91 Å². The van der Waals surface area contributed by atoms with E-state index in [1.165, 1.54) is 17.5 Å². The lowest BCUT2D eigenvalue weighted by Crippen LogP contribution is -2.39. The molecule has 1 fully saturated rings. The lowest BCUT2D eigenvalue weighted by atomic mass is 10.1. The standard InChI is InChI=1S/C19H26N2O2/c1-14(2)18(22)20-9-4-10-21(12-11-20)19(23)17-8-7-15-5-3-6-16(15)13-17/h7-8,13-14H,3-6,9-12H2,1-2H3. The van der Waals surface area contributed by atoms with Gasteiger partial charge in [0.25, 0.3) is 5.91 Å². The minimum absolute atomic E-state index is 0.0222. The second-order valence-corrected chi connectivity index (χ2v) is 6.96. The van der Waals surface area contributed by atoms with E-state index in [1.807, 2.05) is 29.7 Å². The third kappa shape index (κ3) is 3.41. The molecule has 1 aromatic carbocycles. The highest BCUT2D eigenvalue weighted by molar-refractivity contribution is 5.94. The normalized spacial score (nSPS) is 18.0. The molecule has 1 aliphatic carbocycles. The van der Waals surface area contributed by atoms with Gasteiger partial charge in [0.05, 0.1) is 0 Å². The molecule has 4 heteroatoms. The smallest absolute Gasteiger partial charge is 0.253 e. The topological polar surface area (TPSA) is 40.6 Å². The summed E-state index contributed by atoms with van der Waals surface area (Å²) in [7, 11) is 0. The zero-order chi connectivity index (χ0) is 16.4. The quantitative estimate of drug-likeness (QED) is 0.841. The lowest BCUT2D eigenvalue weighted by molar-refractivity contribution is -0.134. The van der Waals surface area contributed by atoms with Crippen LogP contribution in [-0.2, 0) is 17.6 Å². The van der Waals surface area contributed by atoms with Crippen molar-refractivity contribution >= 4 is 11.8 Å². The Morgan fingerprint density at radius 3 is 2.39 bits per heavy atom. The van der Waals surface area contributed by atoms with E-state index in [0.717, 1.165) is 37.9 Å². The van der Waals surface area contributed by atoms with Crippen molar-refractivity contribution in [1.29, 1.82) is 0 Å². The molecule has 0 atom stereocenters. The van der Waals surface area contributed by atoms with Crippen LogP contribution in [0.5, 0.6) is 0 Å². The van der Waals surface area contributed by atoms with E-state index in [2.05, 4.69) is 12.1 Å². The van der Waals surface area contributed by atoms with Crippen LogP contribution in [0.15, 0.2) is 18.2 Å². The SMILES string of the molecule is CC(C)C(=O)N1CCCN(C(=O)c2ccc3c(c2)CCC3)CC1. The largest absolute Gasteiger partial charge is 0.341 e. The summed E-state index contributed by atoms with van der Waals surface area (Å²) in [4.78, 5) is 28.7. The molecule has 0 bridgehead atoms. The molecule has 2 amide bonds. The highest BCUT2D eigenvalue weighted by Gasteiger charge is 2.24. The van der Waals surface area contributed by atoms with Crippen LogP contribution in [0.4, 0.5) is 0 Å². The van der Waals surface area contributed by atoms with Crippen LogP contribution in [0.1, 0.15) is 48.2 Å². The van der Waals surface area contributed by atoms with Gasteiger partial charge in [0.15, 0.2) is 0 Å². The Hall–Kier alpha value is -1.84. The van der Waals surface area contributed by atoms with E-state index < -0.39 is 0 Å². The van der Waals surface area contributed by atoms with Gasteiger partial charge in [-0.2, -0.15) is 0 Å². The van der Waals surface area contributed by atoms with Crippen LogP contribution in [0, 0.1) is 5.92 Å². The number of carbonyl (C=O) groups excluding carboxylic acids is 2. The fraction of sp³-hybridized carbons (Fsp3) is 0.579. The summed E-state index contributed by atoms with van der Waals surface area (Å²) in [5.74, 6) is 0.323. The monoisotopic (exact) mass is 314 g/mol. The third-order valence-corrected chi connectivity index (χ3v) is 4.93. The minimum atomic E-state index is 0.0222. The molecule has 4 nitrogen and oxygen atoms in total. The second kappa shape index (κ2) is 6.73. The van der Waals surface area contributed by atoms with Crippen LogP contribution in [0.25, 0.3) is 0 Å². The van der Waals surface area contributed by atoms with Crippen molar-refractivity contribution in [2.75, 3.05) is 26.2 Å². The van der Waals surface area contributed by atoms with Crippen LogP contribution in [0.3, 0.4) is 0 Å². The summed E-state index contributed by atoms with van der Waals surface area (Å²) in [6.07, 6.45) is 4.28. The van der Waals surface area contributed by atoms with E-state index in [9.17, 15) is 9.59 Å². The summed E-state index contributed by atoms with van der Waals surface area (Å²) < 4.78 is 0. The van der Waals surface area contributed by atoms with E-state index >= 15 is 0 Å². The van der Waals surface area contributed by atoms with Gasteiger partial charge in [-0.3, -0.25) is 9.59 Å². The first-order chi connectivity index (χ1) is 11.1. The molecule has 1 saturated heterocycles. The number of hydrogen-bond donors (Lipinski definition) is 0. The molecule has 1 aliphatic heterocycles. The molecule has 0 saturated carbocycles. The van der Waals surface area contributed by atoms with Crippen molar-refractivity contribution in [2.24, 2.45) is 5.92 Å². The molecule has 23 heavy (non-hydrogen) atoms. The van der Waals surface area contributed by atoms with Gasteiger partial charge < -0.3 is 9.80 Å². The van der Waals surface area contributed by atoms with E-state index in [0.29, 0.717) is 13.1 Å². The van der Waals surface area contributed by atoms with Crippen molar-refractivity contribution in [2.45, 2.75) is 39.5 Å². The number of benzene rings is 1. The average Bonchev–Trinajstić information content (AvgIpc) is 2.88. The zero-order valence-corrected chi connectivity index (χ0v) is 14.2. The molecule has 0 spiro atoms. The number of aryl methyl sites for hydroxylation is 2. The molecular weight excluding hydrogens is 288 g/mol. The summed E-state index contributed by atoms with van der Waals surface area (Å²) in [6.45, 7) is 6.63. The second-order valence-electron chi connectivity index (χ2n) is 6.96. The van der Waals surface area contributed by atoms with Crippen molar-refractivity contribution in [3.8, 4) is 0 Å². The maximum Gasteiger partial charge on any atom is 0.253 e. The summed E-state index contributed by atoms with van der Waals surface area (Å²) in [5, 5.41) is 0. The first kappa shape index (κ1) is 16.0. The Labute approximate surface area is 138 Å². The number of rotatable bonds is 2. The summed E-state index contributed by atoms with van der Waals surface area (Å²) in [6, 6.07) is 6.16. The van der Waals surface area contributed by atoms with E-state index in [-0.39, 0.29) is 17.7 Å². The highest BCUT2D eigenvalue weighted by atomic mass is 16.2. The van der Waals surface area contributed by atoms with Gasteiger partial charge in [-0.15, -0.1) is 0 Å². The van der Waals surface area contributed by atoms with Gasteiger partial charge in [-0.25, -0.2) is 0 Å². The maximum absolute atomic E-state index is 12.8. The number of fused-ring (bicyclic) bond motifs is 1. The van der Waals surface area contributed by atoms with Gasteiger partial charge in [-0.05, 0) is 48.9 Å². The van der Waals surface area contributed by atoms with Gasteiger partial charge in [-0.1, -0.05) is 19.9 Å². The first-order valence-corrected chi connectivity index (χ1v) is 8.76. The Bertz CT molecular complexity index is 609.